The van der Waals surface area contributed by atoms with E-state index in [0.29, 0.717) is 30.7 Å². The minimum atomic E-state index is -0.331. The van der Waals surface area contributed by atoms with Crippen molar-refractivity contribution in [2.24, 2.45) is 5.92 Å². The number of unbranched alkanes of at least 4 members (excludes halogenated alkanes) is 4. The summed E-state index contributed by atoms with van der Waals surface area (Å²) in [7, 11) is 0. The Bertz CT molecular complexity index is 656. The highest BCUT2D eigenvalue weighted by molar-refractivity contribution is 6.31. The third kappa shape index (κ3) is 11.9. The van der Waals surface area contributed by atoms with Gasteiger partial charge in [-0.05, 0) is 55.4 Å². The van der Waals surface area contributed by atoms with Gasteiger partial charge in [-0.2, -0.15) is 0 Å². The zero-order valence-corrected chi connectivity index (χ0v) is 18.0. The van der Waals surface area contributed by atoms with Crippen molar-refractivity contribution in [2.75, 3.05) is 13.2 Å². The van der Waals surface area contributed by atoms with Gasteiger partial charge in [-0.15, -0.1) is 0 Å². The maximum Gasteiger partial charge on any atom is 0.244 e. The van der Waals surface area contributed by atoms with Crippen LogP contribution in [0.2, 0.25) is 5.02 Å². The molecule has 0 saturated carbocycles. The second-order valence-electron chi connectivity index (χ2n) is 7.42. The van der Waals surface area contributed by atoms with Crippen molar-refractivity contribution in [3.63, 3.8) is 0 Å². The number of carbonyl (C=O) groups is 1. The number of amides is 1. The molecule has 0 heterocycles. The predicted molar refractivity (Wildman–Crippen MR) is 115 cm³/mol. The first-order valence-electron chi connectivity index (χ1n) is 10.0. The molecule has 1 aromatic carbocycles. The molecule has 0 atom stereocenters. The molecule has 1 aromatic rings. The summed E-state index contributed by atoms with van der Waals surface area (Å²) in [4.78, 5) is 11.7. The molecule has 0 aliphatic heterocycles. The minimum absolute atomic E-state index is 0.0298. The SMILES string of the molecule is CC(/C=C/CCCCCCOCc1ccc(F)cc1Cl)=C\C(=O)NCC(C)C. The minimum Gasteiger partial charge on any atom is -0.377 e. The second kappa shape index (κ2) is 14.4. The first kappa shape index (κ1) is 24.4. The molecule has 0 radical (unpaired) electrons. The number of nitrogens with one attached hydrogen (secondary N) is 1. The Balaban J connectivity index is 2.05. The summed E-state index contributed by atoms with van der Waals surface area (Å²) >= 11 is 5.97. The number of hydrogen-bond donors (Lipinski definition) is 1. The molecule has 156 valence electrons. The van der Waals surface area contributed by atoms with Gasteiger partial charge >= 0.3 is 0 Å². The predicted octanol–water partition coefficient (Wildman–Crippen LogP) is 6.22. The molecule has 0 aliphatic carbocycles. The Labute approximate surface area is 174 Å². The van der Waals surface area contributed by atoms with Crippen molar-refractivity contribution in [3.05, 3.63) is 58.4 Å². The molecule has 0 saturated heterocycles. The van der Waals surface area contributed by atoms with Crippen LogP contribution in [0.3, 0.4) is 0 Å². The quantitative estimate of drug-likeness (QED) is 0.238. The van der Waals surface area contributed by atoms with E-state index in [1.807, 2.05) is 13.0 Å². The fraction of sp³-hybridized carbons (Fsp3) is 0.522. The zero-order valence-electron chi connectivity index (χ0n) is 17.3. The molecule has 0 aromatic heterocycles. The number of ether oxygens (including phenoxy) is 1. The van der Waals surface area contributed by atoms with Gasteiger partial charge in [0.05, 0.1) is 6.61 Å². The van der Waals surface area contributed by atoms with Crippen LogP contribution in [0.4, 0.5) is 4.39 Å². The van der Waals surface area contributed by atoms with E-state index >= 15 is 0 Å². The first-order valence-corrected chi connectivity index (χ1v) is 10.4. The van der Waals surface area contributed by atoms with Crippen LogP contribution in [0.15, 0.2) is 42.0 Å². The van der Waals surface area contributed by atoms with Gasteiger partial charge in [0.25, 0.3) is 0 Å². The number of halogens is 2. The summed E-state index contributed by atoms with van der Waals surface area (Å²) in [6.45, 7) is 7.88. The first-order chi connectivity index (χ1) is 13.4. The molecular weight excluding hydrogens is 377 g/mol. The van der Waals surface area contributed by atoms with Gasteiger partial charge in [0.1, 0.15) is 5.82 Å². The van der Waals surface area contributed by atoms with Crippen LogP contribution in [0.25, 0.3) is 0 Å². The Morgan fingerprint density at radius 2 is 2.00 bits per heavy atom. The molecule has 1 amide bonds. The van der Waals surface area contributed by atoms with E-state index in [-0.39, 0.29) is 11.7 Å². The van der Waals surface area contributed by atoms with Crippen LogP contribution in [0.1, 0.15) is 58.4 Å². The Morgan fingerprint density at radius 1 is 1.25 bits per heavy atom. The Hall–Kier alpha value is -1.65. The second-order valence-corrected chi connectivity index (χ2v) is 7.83. The lowest BCUT2D eigenvalue weighted by molar-refractivity contribution is -0.116. The number of allylic oxidation sites excluding steroid dienone is 3. The molecule has 0 bridgehead atoms. The smallest absolute Gasteiger partial charge is 0.244 e. The maximum absolute atomic E-state index is 13.0. The zero-order chi connectivity index (χ0) is 20.8. The average molecular weight is 410 g/mol. The van der Waals surface area contributed by atoms with Crippen LogP contribution in [0, 0.1) is 11.7 Å². The molecule has 0 spiro atoms. The van der Waals surface area contributed by atoms with Gasteiger partial charge in [0.15, 0.2) is 0 Å². The average Bonchev–Trinajstić information content (AvgIpc) is 2.63. The fourth-order valence-corrected chi connectivity index (χ4v) is 2.74. The lowest BCUT2D eigenvalue weighted by Crippen LogP contribution is -2.25. The van der Waals surface area contributed by atoms with Gasteiger partial charge in [-0.1, -0.05) is 56.5 Å². The summed E-state index contributed by atoms with van der Waals surface area (Å²) in [6.07, 6.45) is 11.1. The van der Waals surface area contributed by atoms with Gasteiger partial charge < -0.3 is 10.1 Å². The standard InChI is InChI=1S/C23H33ClFNO2/c1-18(2)16-26-23(27)14-19(3)10-8-6-4-5-7-9-13-28-17-20-11-12-21(25)15-22(20)24/h8,10-12,14-15,18H,4-7,9,13,16-17H2,1-3H3,(H,26,27)/b10-8+,19-14+. The van der Waals surface area contributed by atoms with Crippen molar-refractivity contribution in [3.8, 4) is 0 Å². The van der Waals surface area contributed by atoms with Crippen LogP contribution in [-0.4, -0.2) is 19.1 Å². The lowest BCUT2D eigenvalue weighted by Gasteiger charge is -2.06. The number of carbonyl (C=O) groups excluding carboxylic acids is 1. The Kier molecular flexibility index (Phi) is 12.5. The maximum atomic E-state index is 13.0. The highest BCUT2D eigenvalue weighted by atomic mass is 35.5. The van der Waals surface area contributed by atoms with Crippen LogP contribution in [0.5, 0.6) is 0 Å². The van der Waals surface area contributed by atoms with Crippen molar-refractivity contribution in [1.82, 2.24) is 5.32 Å². The normalized spacial score (nSPS) is 12.1. The van der Waals surface area contributed by atoms with Crippen LogP contribution < -0.4 is 5.32 Å². The highest BCUT2D eigenvalue weighted by Crippen LogP contribution is 2.18. The van der Waals surface area contributed by atoms with Crippen molar-refractivity contribution in [2.45, 2.75) is 59.5 Å². The van der Waals surface area contributed by atoms with Gasteiger partial charge in [-0.3, -0.25) is 4.79 Å². The topological polar surface area (TPSA) is 38.3 Å². The highest BCUT2D eigenvalue weighted by Gasteiger charge is 2.02. The van der Waals surface area contributed by atoms with E-state index in [0.717, 1.165) is 43.2 Å². The van der Waals surface area contributed by atoms with Crippen LogP contribution >= 0.6 is 11.6 Å². The van der Waals surface area contributed by atoms with E-state index in [1.54, 1.807) is 12.1 Å². The molecule has 1 N–H and O–H groups in total. The molecule has 3 nitrogen and oxygen atoms in total. The molecule has 0 unspecified atom stereocenters. The van der Waals surface area contributed by atoms with Gasteiger partial charge in [0, 0.05) is 24.3 Å². The molecule has 0 aliphatic rings. The summed E-state index contributed by atoms with van der Waals surface area (Å²) in [5, 5.41) is 3.29. The third-order valence-electron chi connectivity index (χ3n) is 4.11. The summed E-state index contributed by atoms with van der Waals surface area (Å²) < 4.78 is 18.6. The van der Waals surface area contributed by atoms with E-state index in [1.165, 1.54) is 12.1 Å². The Morgan fingerprint density at radius 3 is 2.71 bits per heavy atom. The summed E-state index contributed by atoms with van der Waals surface area (Å²) in [5.74, 6) is 0.0972. The number of rotatable bonds is 13. The lowest BCUT2D eigenvalue weighted by atomic mass is 10.1. The van der Waals surface area contributed by atoms with Gasteiger partial charge in [-0.25, -0.2) is 4.39 Å². The van der Waals surface area contributed by atoms with Crippen molar-refractivity contribution in [1.29, 1.82) is 0 Å². The fourth-order valence-electron chi connectivity index (χ4n) is 2.52. The van der Waals surface area contributed by atoms with Gasteiger partial charge in [0.2, 0.25) is 5.91 Å². The van der Waals surface area contributed by atoms with Crippen molar-refractivity contribution < 1.29 is 13.9 Å². The number of hydrogen-bond acceptors (Lipinski definition) is 2. The third-order valence-corrected chi connectivity index (χ3v) is 4.46. The largest absolute Gasteiger partial charge is 0.377 e. The summed E-state index contributed by atoms with van der Waals surface area (Å²) in [6, 6.07) is 4.37. The monoisotopic (exact) mass is 409 g/mol. The molecule has 28 heavy (non-hydrogen) atoms. The molecular formula is C23H33ClFNO2. The van der Waals surface area contributed by atoms with E-state index in [9.17, 15) is 9.18 Å². The molecule has 5 heteroatoms. The summed E-state index contributed by atoms with van der Waals surface area (Å²) in [5.41, 5.74) is 1.78. The van der Waals surface area contributed by atoms with Crippen molar-refractivity contribution >= 4 is 17.5 Å². The molecule has 1 rings (SSSR count). The van der Waals surface area contributed by atoms with E-state index in [4.69, 9.17) is 16.3 Å². The van der Waals surface area contributed by atoms with Crippen LogP contribution in [-0.2, 0) is 16.1 Å². The van der Waals surface area contributed by atoms with E-state index < -0.39 is 0 Å². The number of benzene rings is 1. The van der Waals surface area contributed by atoms with E-state index in [2.05, 4.69) is 25.2 Å². The molecule has 0 fully saturated rings.